The van der Waals surface area contributed by atoms with Crippen LogP contribution in [0.5, 0.6) is 0 Å². The van der Waals surface area contributed by atoms with Gasteiger partial charge in [-0.15, -0.1) is 0 Å². The number of carbonyl (C=O) groups is 1. The standard InChI is InChI=1S/C14H19N3O/c1-17-9-11(7-14(17)18)16-13-4-2-3-10-5-6-15-8-12(10)13/h2-4,11,15-16H,5-9H2,1H3. The molecular weight excluding hydrogens is 226 g/mol. The maximum absolute atomic E-state index is 11.5. The Labute approximate surface area is 107 Å². The van der Waals surface area contributed by atoms with E-state index in [1.165, 1.54) is 16.8 Å². The summed E-state index contributed by atoms with van der Waals surface area (Å²) in [6.45, 7) is 2.78. The topological polar surface area (TPSA) is 44.4 Å². The Balaban J connectivity index is 1.79. The molecule has 2 aliphatic rings. The van der Waals surface area contributed by atoms with Gasteiger partial charge in [0.25, 0.3) is 0 Å². The van der Waals surface area contributed by atoms with E-state index in [0.717, 1.165) is 26.1 Å². The molecule has 1 fully saturated rings. The van der Waals surface area contributed by atoms with Crippen molar-refractivity contribution in [2.75, 3.05) is 25.5 Å². The van der Waals surface area contributed by atoms with Crippen LogP contribution in [0.15, 0.2) is 18.2 Å². The quantitative estimate of drug-likeness (QED) is 0.816. The number of likely N-dealkylation sites (tertiary alicyclic amines) is 1. The second-order valence-corrected chi connectivity index (χ2v) is 5.19. The third-order valence-corrected chi connectivity index (χ3v) is 3.85. The van der Waals surface area contributed by atoms with Gasteiger partial charge in [-0.25, -0.2) is 0 Å². The molecule has 0 aromatic heterocycles. The number of nitrogens with zero attached hydrogens (tertiary/aromatic N) is 1. The van der Waals surface area contributed by atoms with Crippen molar-refractivity contribution in [2.24, 2.45) is 0 Å². The second-order valence-electron chi connectivity index (χ2n) is 5.19. The molecule has 1 atom stereocenters. The van der Waals surface area contributed by atoms with E-state index < -0.39 is 0 Å². The van der Waals surface area contributed by atoms with Crippen molar-refractivity contribution in [1.29, 1.82) is 0 Å². The summed E-state index contributed by atoms with van der Waals surface area (Å²) in [5.74, 6) is 0.232. The Morgan fingerprint density at radius 3 is 3.11 bits per heavy atom. The fourth-order valence-corrected chi connectivity index (χ4v) is 2.83. The fraction of sp³-hybridized carbons (Fsp3) is 0.500. The number of anilines is 1. The Bertz CT molecular complexity index is 472. The number of rotatable bonds is 2. The molecule has 1 aromatic carbocycles. The van der Waals surface area contributed by atoms with Crippen LogP contribution in [0.3, 0.4) is 0 Å². The Morgan fingerprint density at radius 1 is 1.44 bits per heavy atom. The number of nitrogens with one attached hydrogen (secondary N) is 2. The van der Waals surface area contributed by atoms with Gasteiger partial charge < -0.3 is 15.5 Å². The van der Waals surface area contributed by atoms with E-state index in [4.69, 9.17) is 0 Å². The van der Waals surface area contributed by atoms with Crippen molar-refractivity contribution < 1.29 is 4.79 Å². The molecule has 1 saturated heterocycles. The molecule has 1 amide bonds. The summed E-state index contributed by atoms with van der Waals surface area (Å²) in [6.07, 6.45) is 1.70. The summed E-state index contributed by atoms with van der Waals surface area (Å²) in [4.78, 5) is 13.3. The van der Waals surface area contributed by atoms with Gasteiger partial charge in [-0.05, 0) is 30.2 Å². The molecule has 96 valence electrons. The summed E-state index contributed by atoms with van der Waals surface area (Å²) in [6, 6.07) is 6.67. The second kappa shape index (κ2) is 4.61. The van der Waals surface area contributed by atoms with Crippen molar-refractivity contribution in [3.63, 3.8) is 0 Å². The summed E-state index contributed by atoms with van der Waals surface area (Å²) < 4.78 is 0. The lowest BCUT2D eigenvalue weighted by molar-refractivity contribution is -0.126. The molecule has 2 aliphatic heterocycles. The van der Waals surface area contributed by atoms with Crippen molar-refractivity contribution in [3.05, 3.63) is 29.3 Å². The van der Waals surface area contributed by atoms with Gasteiger partial charge in [0.15, 0.2) is 0 Å². The van der Waals surface area contributed by atoms with E-state index in [9.17, 15) is 4.79 Å². The molecule has 3 rings (SSSR count). The molecule has 2 heterocycles. The minimum atomic E-state index is 0.232. The summed E-state index contributed by atoms with van der Waals surface area (Å²) in [5.41, 5.74) is 3.98. The minimum absolute atomic E-state index is 0.232. The van der Waals surface area contributed by atoms with E-state index in [1.54, 1.807) is 4.90 Å². The van der Waals surface area contributed by atoms with E-state index in [0.29, 0.717) is 6.42 Å². The van der Waals surface area contributed by atoms with Crippen LogP contribution >= 0.6 is 0 Å². The first kappa shape index (κ1) is 11.5. The first-order valence-electron chi connectivity index (χ1n) is 6.56. The molecule has 0 bridgehead atoms. The number of benzene rings is 1. The van der Waals surface area contributed by atoms with Crippen LogP contribution in [0.2, 0.25) is 0 Å². The highest BCUT2D eigenvalue weighted by Gasteiger charge is 2.27. The SMILES string of the molecule is CN1CC(Nc2cccc3c2CNCC3)CC1=O. The highest BCUT2D eigenvalue weighted by Crippen LogP contribution is 2.25. The van der Waals surface area contributed by atoms with Crippen molar-refractivity contribution in [2.45, 2.75) is 25.4 Å². The van der Waals surface area contributed by atoms with Gasteiger partial charge in [-0.3, -0.25) is 4.79 Å². The lowest BCUT2D eigenvalue weighted by Crippen LogP contribution is -2.28. The lowest BCUT2D eigenvalue weighted by Gasteiger charge is -2.23. The number of fused-ring (bicyclic) bond motifs is 1. The summed E-state index contributed by atoms with van der Waals surface area (Å²) >= 11 is 0. The maximum Gasteiger partial charge on any atom is 0.224 e. The number of amides is 1. The zero-order valence-electron chi connectivity index (χ0n) is 10.7. The minimum Gasteiger partial charge on any atom is -0.380 e. The first-order valence-corrected chi connectivity index (χ1v) is 6.56. The Hall–Kier alpha value is -1.55. The van der Waals surface area contributed by atoms with Crippen LogP contribution in [0.1, 0.15) is 17.5 Å². The molecular formula is C14H19N3O. The van der Waals surface area contributed by atoms with Gasteiger partial charge in [0.2, 0.25) is 5.91 Å². The van der Waals surface area contributed by atoms with Crippen molar-refractivity contribution in [1.82, 2.24) is 10.2 Å². The average molecular weight is 245 g/mol. The van der Waals surface area contributed by atoms with E-state index in [-0.39, 0.29) is 11.9 Å². The monoisotopic (exact) mass is 245 g/mol. The normalized spacial score (nSPS) is 23.1. The van der Waals surface area contributed by atoms with E-state index in [1.807, 2.05) is 7.05 Å². The molecule has 1 unspecified atom stereocenters. The number of likely N-dealkylation sites (N-methyl/N-ethyl adjacent to an activating group) is 1. The average Bonchev–Trinajstić information content (AvgIpc) is 2.69. The van der Waals surface area contributed by atoms with Crippen LogP contribution in [0.4, 0.5) is 5.69 Å². The van der Waals surface area contributed by atoms with Gasteiger partial charge in [0.05, 0.1) is 6.04 Å². The van der Waals surface area contributed by atoms with Crippen molar-refractivity contribution in [3.8, 4) is 0 Å². The summed E-state index contributed by atoms with van der Waals surface area (Å²) in [5, 5.41) is 6.93. The largest absolute Gasteiger partial charge is 0.380 e. The Kier molecular flexibility index (Phi) is 2.96. The molecule has 0 saturated carbocycles. The van der Waals surface area contributed by atoms with E-state index in [2.05, 4.69) is 28.8 Å². The molecule has 0 radical (unpaired) electrons. The third-order valence-electron chi connectivity index (χ3n) is 3.85. The lowest BCUT2D eigenvalue weighted by atomic mass is 9.99. The Morgan fingerprint density at radius 2 is 2.33 bits per heavy atom. The van der Waals surface area contributed by atoms with Crippen molar-refractivity contribution >= 4 is 11.6 Å². The van der Waals surface area contributed by atoms with E-state index >= 15 is 0 Å². The maximum atomic E-state index is 11.5. The summed E-state index contributed by atoms with van der Waals surface area (Å²) in [7, 11) is 1.87. The smallest absolute Gasteiger partial charge is 0.224 e. The van der Waals surface area contributed by atoms with Gasteiger partial charge >= 0.3 is 0 Å². The zero-order chi connectivity index (χ0) is 12.5. The predicted molar refractivity (Wildman–Crippen MR) is 71.5 cm³/mol. The van der Waals surface area contributed by atoms with Gasteiger partial charge in [0.1, 0.15) is 0 Å². The molecule has 0 aliphatic carbocycles. The number of hydrogen-bond acceptors (Lipinski definition) is 3. The molecule has 0 spiro atoms. The third kappa shape index (κ3) is 2.08. The van der Waals surface area contributed by atoms with Crippen LogP contribution in [-0.4, -0.2) is 37.0 Å². The molecule has 2 N–H and O–H groups in total. The zero-order valence-corrected chi connectivity index (χ0v) is 10.7. The van der Waals surface area contributed by atoms with Gasteiger partial charge in [-0.1, -0.05) is 12.1 Å². The number of carbonyl (C=O) groups excluding carboxylic acids is 1. The van der Waals surface area contributed by atoms with Crippen LogP contribution < -0.4 is 10.6 Å². The predicted octanol–water partition coefficient (Wildman–Crippen LogP) is 0.975. The molecule has 4 heteroatoms. The highest BCUT2D eigenvalue weighted by atomic mass is 16.2. The van der Waals surface area contributed by atoms with Crippen LogP contribution in [0, 0.1) is 0 Å². The molecule has 1 aromatic rings. The van der Waals surface area contributed by atoms with Gasteiger partial charge in [0, 0.05) is 32.2 Å². The molecule has 4 nitrogen and oxygen atoms in total. The van der Waals surface area contributed by atoms with Crippen LogP contribution in [-0.2, 0) is 17.8 Å². The fourth-order valence-electron chi connectivity index (χ4n) is 2.83. The first-order chi connectivity index (χ1) is 8.74. The van der Waals surface area contributed by atoms with Gasteiger partial charge in [-0.2, -0.15) is 0 Å². The highest BCUT2D eigenvalue weighted by molar-refractivity contribution is 5.79. The molecule has 18 heavy (non-hydrogen) atoms. The van der Waals surface area contributed by atoms with Crippen LogP contribution in [0.25, 0.3) is 0 Å². The number of hydrogen-bond donors (Lipinski definition) is 2.